The normalized spacial score (nSPS) is 24.3. The van der Waals surface area contributed by atoms with Crippen LogP contribution in [0.2, 0.25) is 0 Å². The molecule has 1 fully saturated rings. The van der Waals surface area contributed by atoms with E-state index < -0.39 is 5.91 Å². The monoisotopic (exact) mass is 262 g/mol. The second-order valence-electron chi connectivity index (χ2n) is 5.35. The molecule has 2 unspecified atom stereocenters. The van der Waals surface area contributed by atoms with Crippen LogP contribution in [0, 0.1) is 0 Å². The number of hydrogen-bond donors (Lipinski definition) is 2. The fourth-order valence-corrected chi connectivity index (χ4v) is 2.81. The molecule has 0 saturated carbocycles. The SMILES string of the molecule is CC1CCCC(CO)N1Cc1ccc(C(N)=O)cc1. The van der Waals surface area contributed by atoms with Gasteiger partial charge in [0.05, 0.1) is 6.61 Å². The van der Waals surface area contributed by atoms with Gasteiger partial charge in [-0.15, -0.1) is 0 Å². The maximum Gasteiger partial charge on any atom is 0.248 e. The molecule has 0 aromatic heterocycles. The molecular weight excluding hydrogens is 240 g/mol. The molecule has 0 bridgehead atoms. The average Bonchev–Trinajstić information content (AvgIpc) is 2.41. The average molecular weight is 262 g/mol. The molecule has 3 N–H and O–H groups in total. The second-order valence-corrected chi connectivity index (χ2v) is 5.35. The van der Waals surface area contributed by atoms with Crippen molar-refractivity contribution in [1.82, 2.24) is 4.90 Å². The van der Waals surface area contributed by atoms with Crippen molar-refractivity contribution in [3.63, 3.8) is 0 Å². The number of rotatable bonds is 4. The van der Waals surface area contributed by atoms with Gasteiger partial charge in [-0.1, -0.05) is 18.6 Å². The highest BCUT2D eigenvalue weighted by Crippen LogP contribution is 2.24. The number of nitrogens with two attached hydrogens (primary N) is 1. The van der Waals surface area contributed by atoms with Crippen molar-refractivity contribution < 1.29 is 9.90 Å². The van der Waals surface area contributed by atoms with Crippen molar-refractivity contribution in [3.05, 3.63) is 35.4 Å². The van der Waals surface area contributed by atoms with Gasteiger partial charge >= 0.3 is 0 Å². The van der Waals surface area contributed by atoms with Gasteiger partial charge in [0.25, 0.3) is 0 Å². The fraction of sp³-hybridized carbons (Fsp3) is 0.533. The van der Waals surface area contributed by atoms with Crippen LogP contribution in [0.5, 0.6) is 0 Å². The number of aliphatic hydroxyl groups is 1. The molecule has 0 aliphatic carbocycles. The minimum absolute atomic E-state index is 0.212. The first-order valence-corrected chi connectivity index (χ1v) is 6.87. The van der Waals surface area contributed by atoms with Crippen LogP contribution in [0.1, 0.15) is 42.1 Å². The molecule has 1 aliphatic heterocycles. The van der Waals surface area contributed by atoms with Crippen LogP contribution in [0.4, 0.5) is 0 Å². The summed E-state index contributed by atoms with van der Waals surface area (Å²) < 4.78 is 0. The van der Waals surface area contributed by atoms with E-state index in [1.165, 1.54) is 12.8 Å². The van der Waals surface area contributed by atoms with Crippen molar-refractivity contribution in [2.24, 2.45) is 5.73 Å². The zero-order chi connectivity index (χ0) is 13.8. The van der Waals surface area contributed by atoms with Crippen molar-refractivity contribution in [1.29, 1.82) is 0 Å². The number of nitrogens with zero attached hydrogens (tertiary/aromatic N) is 1. The molecule has 1 aliphatic rings. The van der Waals surface area contributed by atoms with Gasteiger partial charge < -0.3 is 10.8 Å². The van der Waals surface area contributed by atoms with Gasteiger partial charge in [0, 0.05) is 24.2 Å². The largest absolute Gasteiger partial charge is 0.395 e. The van der Waals surface area contributed by atoms with Crippen LogP contribution in [0.3, 0.4) is 0 Å². The summed E-state index contributed by atoms with van der Waals surface area (Å²) in [6.07, 6.45) is 3.42. The smallest absolute Gasteiger partial charge is 0.248 e. The van der Waals surface area contributed by atoms with Crippen LogP contribution < -0.4 is 5.73 Å². The Hall–Kier alpha value is -1.39. The Morgan fingerprint density at radius 1 is 1.37 bits per heavy atom. The predicted molar refractivity (Wildman–Crippen MR) is 74.7 cm³/mol. The van der Waals surface area contributed by atoms with Crippen LogP contribution in [-0.2, 0) is 6.54 Å². The third-order valence-electron chi connectivity index (χ3n) is 4.01. The lowest BCUT2D eigenvalue weighted by atomic mass is 9.96. The minimum atomic E-state index is -0.397. The number of amides is 1. The van der Waals surface area contributed by atoms with E-state index in [9.17, 15) is 9.90 Å². The van der Waals surface area contributed by atoms with Crippen molar-refractivity contribution in [2.45, 2.75) is 44.8 Å². The van der Waals surface area contributed by atoms with Crippen LogP contribution in [0.25, 0.3) is 0 Å². The Bertz CT molecular complexity index is 430. The van der Waals surface area contributed by atoms with Gasteiger partial charge in [-0.2, -0.15) is 0 Å². The molecule has 0 radical (unpaired) electrons. The first kappa shape index (κ1) is 14.0. The third kappa shape index (κ3) is 3.33. The molecule has 19 heavy (non-hydrogen) atoms. The van der Waals surface area contributed by atoms with Crippen molar-refractivity contribution in [2.75, 3.05) is 6.61 Å². The van der Waals surface area contributed by atoms with E-state index in [2.05, 4.69) is 11.8 Å². The van der Waals surface area contributed by atoms with Crippen LogP contribution in [0.15, 0.2) is 24.3 Å². The summed E-state index contributed by atoms with van der Waals surface area (Å²) in [5.41, 5.74) is 6.92. The van der Waals surface area contributed by atoms with E-state index in [1.807, 2.05) is 12.1 Å². The molecule has 4 heteroatoms. The molecule has 104 valence electrons. The number of carbonyl (C=O) groups excluding carboxylic acids is 1. The molecule has 2 rings (SSSR count). The lowest BCUT2D eigenvalue weighted by Gasteiger charge is -2.40. The lowest BCUT2D eigenvalue weighted by molar-refractivity contribution is 0.0452. The summed E-state index contributed by atoms with van der Waals surface area (Å²) >= 11 is 0. The first-order valence-electron chi connectivity index (χ1n) is 6.87. The summed E-state index contributed by atoms with van der Waals surface area (Å²) in [6, 6.07) is 8.15. The molecule has 1 aromatic carbocycles. The van der Waals surface area contributed by atoms with Crippen LogP contribution in [-0.4, -0.2) is 34.6 Å². The molecule has 4 nitrogen and oxygen atoms in total. The highest BCUT2D eigenvalue weighted by atomic mass is 16.3. The molecule has 0 spiro atoms. The van der Waals surface area contributed by atoms with Gasteiger partial charge in [-0.3, -0.25) is 9.69 Å². The second kappa shape index (κ2) is 6.17. The maximum atomic E-state index is 11.0. The molecule has 1 aromatic rings. The Morgan fingerprint density at radius 3 is 2.63 bits per heavy atom. The molecule has 1 amide bonds. The highest BCUT2D eigenvalue weighted by molar-refractivity contribution is 5.92. The number of carbonyl (C=O) groups is 1. The van der Waals surface area contributed by atoms with Gasteiger partial charge in [0.2, 0.25) is 5.91 Å². The van der Waals surface area contributed by atoms with Crippen LogP contribution >= 0.6 is 0 Å². The van der Waals surface area contributed by atoms with Crippen molar-refractivity contribution >= 4 is 5.91 Å². The zero-order valence-corrected chi connectivity index (χ0v) is 11.4. The number of likely N-dealkylation sites (tertiary alicyclic amines) is 1. The molecule has 1 saturated heterocycles. The predicted octanol–water partition coefficient (Wildman–Crippen LogP) is 1.52. The highest BCUT2D eigenvalue weighted by Gasteiger charge is 2.27. The van der Waals surface area contributed by atoms with E-state index >= 15 is 0 Å². The summed E-state index contributed by atoms with van der Waals surface area (Å²) in [5, 5.41) is 9.47. The summed E-state index contributed by atoms with van der Waals surface area (Å²) in [7, 11) is 0. The van der Waals surface area contributed by atoms with Gasteiger partial charge in [0.1, 0.15) is 0 Å². The third-order valence-corrected chi connectivity index (χ3v) is 4.01. The fourth-order valence-electron chi connectivity index (χ4n) is 2.81. The number of aliphatic hydroxyl groups excluding tert-OH is 1. The summed E-state index contributed by atoms with van der Waals surface area (Å²) in [6.45, 7) is 3.23. The Kier molecular flexibility index (Phi) is 4.56. The van der Waals surface area contributed by atoms with Crippen molar-refractivity contribution in [3.8, 4) is 0 Å². The number of primary amides is 1. The lowest BCUT2D eigenvalue weighted by Crippen LogP contribution is -2.46. The number of piperidine rings is 1. The minimum Gasteiger partial charge on any atom is -0.395 e. The van der Waals surface area contributed by atoms with Gasteiger partial charge in [-0.25, -0.2) is 0 Å². The first-order chi connectivity index (χ1) is 9.11. The summed E-state index contributed by atoms with van der Waals surface area (Å²) in [4.78, 5) is 13.4. The van der Waals surface area contributed by atoms with E-state index in [0.29, 0.717) is 11.6 Å². The van der Waals surface area contributed by atoms with E-state index in [1.54, 1.807) is 12.1 Å². The quantitative estimate of drug-likeness (QED) is 0.864. The van der Waals surface area contributed by atoms with E-state index in [-0.39, 0.29) is 12.6 Å². The molecule has 1 heterocycles. The standard InChI is InChI=1S/C15H22N2O2/c1-11-3-2-4-14(10-18)17(11)9-12-5-7-13(8-6-12)15(16)19/h5-8,11,14,18H,2-4,9-10H2,1H3,(H2,16,19). The van der Waals surface area contributed by atoms with Gasteiger partial charge in [-0.05, 0) is 37.5 Å². The summed E-state index contributed by atoms with van der Waals surface area (Å²) in [5.74, 6) is -0.397. The number of hydrogen-bond acceptors (Lipinski definition) is 3. The maximum absolute atomic E-state index is 11.0. The van der Waals surface area contributed by atoms with E-state index in [4.69, 9.17) is 5.73 Å². The Balaban J connectivity index is 2.07. The molecular formula is C15H22N2O2. The Morgan fingerprint density at radius 2 is 2.05 bits per heavy atom. The van der Waals surface area contributed by atoms with Gasteiger partial charge in [0.15, 0.2) is 0 Å². The topological polar surface area (TPSA) is 66.6 Å². The zero-order valence-electron chi connectivity index (χ0n) is 11.4. The Labute approximate surface area is 114 Å². The number of benzene rings is 1. The molecule has 2 atom stereocenters. The van der Waals surface area contributed by atoms with E-state index in [0.717, 1.165) is 18.5 Å².